The second-order valence-electron chi connectivity index (χ2n) is 7.32. The molecule has 9 heteroatoms. The number of hydrogen-bond acceptors (Lipinski definition) is 7. The fourth-order valence-corrected chi connectivity index (χ4v) is 4.13. The van der Waals surface area contributed by atoms with Crippen LogP contribution >= 0.6 is 11.6 Å². The summed E-state index contributed by atoms with van der Waals surface area (Å²) in [6.07, 6.45) is 1.65. The van der Waals surface area contributed by atoms with Gasteiger partial charge in [0, 0.05) is 37.2 Å². The highest BCUT2D eigenvalue weighted by Crippen LogP contribution is 2.42. The van der Waals surface area contributed by atoms with Gasteiger partial charge in [-0.3, -0.25) is 9.69 Å². The van der Waals surface area contributed by atoms with Crippen molar-refractivity contribution in [3.63, 3.8) is 0 Å². The molecule has 1 saturated carbocycles. The molecule has 1 aliphatic carbocycles. The number of nitrogens with zero attached hydrogens (tertiary/aromatic N) is 2. The van der Waals surface area contributed by atoms with Crippen molar-refractivity contribution in [3.8, 4) is 0 Å². The predicted molar refractivity (Wildman–Crippen MR) is 114 cm³/mol. The van der Waals surface area contributed by atoms with Crippen molar-refractivity contribution in [2.45, 2.75) is 44.4 Å². The number of benzene rings is 1. The van der Waals surface area contributed by atoms with E-state index in [1.54, 1.807) is 30.3 Å². The standard InChI is InChI=1S/C22H24ClN3O5/c1-14(30-20(28)15-8-7-13-25-19(15)24)31-21(29)26(2)22(12-6-5-11-18(22)27)16-9-3-4-10-17(16)23/h3-4,7-10,13-14H,5-6,11-12H2,1-2H3,(H2,24,25)/t14?,22-/m0/s1. The van der Waals surface area contributed by atoms with Gasteiger partial charge in [-0.1, -0.05) is 29.8 Å². The van der Waals surface area contributed by atoms with E-state index in [0.29, 0.717) is 23.4 Å². The molecule has 1 aliphatic rings. The molecule has 0 spiro atoms. The molecule has 2 atom stereocenters. The lowest BCUT2D eigenvalue weighted by atomic mass is 9.74. The fourth-order valence-electron chi connectivity index (χ4n) is 3.83. The first-order valence-corrected chi connectivity index (χ1v) is 10.3. The SMILES string of the molecule is CC(OC(=O)c1cccnc1N)OC(=O)N(C)[C@]1(c2ccccc2Cl)CCCCC1=O. The van der Waals surface area contributed by atoms with Gasteiger partial charge < -0.3 is 15.2 Å². The molecule has 2 aromatic rings. The summed E-state index contributed by atoms with van der Waals surface area (Å²) in [6, 6.07) is 9.95. The van der Waals surface area contributed by atoms with Crippen molar-refractivity contribution in [1.29, 1.82) is 0 Å². The summed E-state index contributed by atoms with van der Waals surface area (Å²) in [5.41, 5.74) is 5.05. The minimum absolute atomic E-state index is 0.00798. The van der Waals surface area contributed by atoms with Gasteiger partial charge in [0.2, 0.25) is 6.29 Å². The maximum absolute atomic E-state index is 13.1. The highest BCUT2D eigenvalue weighted by molar-refractivity contribution is 6.31. The largest absolute Gasteiger partial charge is 0.422 e. The molecule has 1 aromatic carbocycles. The molecule has 1 unspecified atom stereocenters. The third-order valence-corrected chi connectivity index (χ3v) is 5.75. The summed E-state index contributed by atoms with van der Waals surface area (Å²) < 4.78 is 10.5. The molecule has 8 nitrogen and oxygen atoms in total. The van der Waals surface area contributed by atoms with Gasteiger partial charge in [-0.15, -0.1) is 0 Å². The van der Waals surface area contributed by atoms with E-state index in [4.69, 9.17) is 26.8 Å². The van der Waals surface area contributed by atoms with E-state index in [-0.39, 0.29) is 17.2 Å². The number of amides is 1. The van der Waals surface area contributed by atoms with E-state index >= 15 is 0 Å². The predicted octanol–water partition coefficient (Wildman–Crippen LogP) is 3.93. The van der Waals surface area contributed by atoms with Crippen LogP contribution in [0.4, 0.5) is 10.6 Å². The number of nitrogens with two attached hydrogens (primary N) is 1. The molecule has 164 valence electrons. The number of hydrogen-bond donors (Lipinski definition) is 1. The van der Waals surface area contributed by atoms with Crippen molar-refractivity contribution in [1.82, 2.24) is 9.88 Å². The van der Waals surface area contributed by atoms with Crippen LogP contribution in [0.5, 0.6) is 0 Å². The van der Waals surface area contributed by atoms with Crippen molar-refractivity contribution in [3.05, 3.63) is 58.7 Å². The number of Topliss-reactive ketones (excluding diaryl/α,β-unsaturated/α-hetero) is 1. The van der Waals surface area contributed by atoms with Gasteiger partial charge in [0.1, 0.15) is 16.9 Å². The van der Waals surface area contributed by atoms with Gasteiger partial charge in [0.25, 0.3) is 0 Å². The fraction of sp³-hybridized carbons (Fsp3) is 0.364. The minimum Gasteiger partial charge on any atom is -0.422 e. The van der Waals surface area contributed by atoms with Crippen LogP contribution in [0.3, 0.4) is 0 Å². The molecule has 1 aromatic heterocycles. The Balaban J connectivity index is 1.79. The van der Waals surface area contributed by atoms with Crippen molar-refractivity contribution >= 4 is 35.3 Å². The van der Waals surface area contributed by atoms with Crippen LogP contribution in [0, 0.1) is 0 Å². The van der Waals surface area contributed by atoms with Crippen LogP contribution in [0.15, 0.2) is 42.6 Å². The zero-order valence-electron chi connectivity index (χ0n) is 17.3. The topological polar surface area (TPSA) is 112 Å². The summed E-state index contributed by atoms with van der Waals surface area (Å²) >= 11 is 6.40. The van der Waals surface area contributed by atoms with Crippen LogP contribution in [-0.2, 0) is 19.8 Å². The van der Waals surface area contributed by atoms with E-state index in [1.807, 2.05) is 0 Å². The zero-order valence-corrected chi connectivity index (χ0v) is 18.1. The highest BCUT2D eigenvalue weighted by atomic mass is 35.5. The number of ketones is 1. The smallest absolute Gasteiger partial charge is 0.413 e. The van der Waals surface area contributed by atoms with Gasteiger partial charge >= 0.3 is 12.1 Å². The van der Waals surface area contributed by atoms with Crippen LogP contribution in [0.2, 0.25) is 5.02 Å². The summed E-state index contributed by atoms with van der Waals surface area (Å²) in [5, 5.41) is 0.393. The number of rotatable bonds is 5. The number of anilines is 1. The number of ether oxygens (including phenoxy) is 2. The van der Waals surface area contributed by atoms with Crippen LogP contribution in [-0.4, -0.2) is 41.1 Å². The zero-order chi connectivity index (χ0) is 22.6. The normalized spacial score (nSPS) is 19.4. The number of nitrogen functional groups attached to an aromatic ring is 1. The average Bonchev–Trinajstić information content (AvgIpc) is 2.74. The first-order valence-electron chi connectivity index (χ1n) is 9.91. The molecule has 1 heterocycles. The molecule has 0 radical (unpaired) electrons. The Hall–Kier alpha value is -3.13. The number of aromatic nitrogens is 1. The van der Waals surface area contributed by atoms with Gasteiger partial charge in [0.15, 0.2) is 5.78 Å². The lowest BCUT2D eigenvalue weighted by Crippen LogP contribution is -2.54. The third-order valence-electron chi connectivity index (χ3n) is 5.42. The number of pyridine rings is 1. The average molecular weight is 446 g/mol. The Morgan fingerprint density at radius 2 is 1.94 bits per heavy atom. The number of esters is 1. The van der Waals surface area contributed by atoms with Crippen molar-refractivity contribution < 1.29 is 23.9 Å². The molecule has 31 heavy (non-hydrogen) atoms. The number of carbonyl (C=O) groups excluding carboxylic acids is 3. The van der Waals surface area contributed by atoms with Gasteiger partial charge in [-0.2, -0.15) is 0 Å². The summed E-state index contributed by atoms with van der Waals surface area (Å²) in [4.78, 5) is 43.4. The molecule has 1 amide bonds. The molecule has 1 fully saturated rings. The summed E-state index contributed by atoms with van der Waals surface area (Å²) in [6.45, 7) is 1.40. The first kappa shape index (κ1) is 22.6. The number of carbonyl (C=O) groups is 3. The first-order chi connectivity index (χ1) is 14.8. The molecular weight excluding hydrogens is 422 g/mol. The molecule has 0 aliphatic heterocycles. The summed E-state index contributed by atoms with van der Waals surface area (Å²) in [5.74, 6) is -0.879. The van der Waals surface area contributed by atoms with E-state index in [1.165, 1.54) is 31.1 Å². The Morgan fingerprint density at radius 1 is 1.19 bits per heavy atom. The molecule has 0 bridgehead atoms. The lowest BCUT2D eigenvalue weighted by molar-refractivity contribution is -0.135. The summed E-state index contributed by atoms with van der Waals surface area (Å²) in [7, 11) is 1.49. The quantitative estimate of drug-likeness (QED) is 0.548. The van der Waals surface area contributed by atoms with Gasteiger partial charge in [-0.25, -0.2) is 14.6 Å². The third kappa shape index (κ3) is 4.49. The van der Waals surface area contributed by atoms with Crippen LogP contribution < -0.4 is 5.73 Å². The van der Waals surface area contributed by atoms with Crippen molar-refractivity contribution in [2.24, 2.45) is 0 Å². The number of halogens is 1. The lowest BCUT2D eigenvalue weighted by Gasteiger charge is -2.43. The van der Waals surface area contributed by atoms with Gasteiger partial charge in [-0.05, 0) is 37.5 Å². The molecule has 0 saturated heterocycles. The van der Waals surface area contributed by atoms with E-state index in [0.717, 1.165) is 12.8 Å². The van der Waals surface area contributed by atoms with Crippen LogP contribution in [0.1, 0.15) is 48.5 Å². The van der Waals surface area contributed by atoms with E-state index in [2.05, 4.69) is 4.98 Å². The van der Waals surface area contributed by atoms with E-state index < -0.39 is 23.9 Å². The molecular formula is C22H24ClN3O5. The molecule has 3 rings (SSSR count). The Bertz CT molecular complexity index is 999. The second kappa shape index (κ2) is 9.34. The number of likely N-dealkylation sites (N-methyl/N-ethyl adjacent to an activating group) is 1. The van der Waals surface area contributed by atoms with E-state index in [9.17, 15) is 14.4 Å². The van der Waals surface area contributed by atoms with Crippen LogP contribution in [0.25, 0.3) is 0 Å². The Morgan fingerprint density at radius 3 is 2.61 bits per heavy atom. The maximum Gasteiger partial charge on any atom is 0.413 e. The van der Waals surface area contributed by atoms with Gasteiger partial charge in [0.05, 0.1) is 0 Å². The monoisotopic (exact) mass is 445 g/mol. The highest BCUT2D eigenvalue weighted by Gasteiger charge is 2.48. The Labute approximate surface area is 185 Å². The maximum atomic E-state index is 13.1. The minimum atomic E-state index is -1.24. The second-order valence-corrected chi connectivity index (χ2v) is 7.73. The Kier molecular flexibility index (Phi) is 6.80. The molecule has 2 N–H and O–H groups in total. The van der Waals surface area contributed by atoms with Crippen molar-refractivity contribution in [2.75, 3.05) is 12.8 Å².